The quantitative estimate of drug-likeness (QED) is 0.809. The van der Waals surface area contributed by atoms with Crippen LogP contribution in [0.25, 0.3) is 0 Å². The minimum Gasteiger partial charge on any atom is -0.355 e. The number of amides is 2. The van der Waals surface area contributed by atoms with E-state index >= 15 is 0 Å². The molecule has 0 aromatic rings. The van der Waals surface area contributed by atoms with E-state index in [9.17, 15) is 9.59 Å². The van der Waals surface area contributed by atoms with E-state index in [0.29, 0.717) is 19.0 Å². The molecule has 5 nitrogen and oxygen atoms in total. The fraction of sp³-hybridized carbons (Fsp3) is 0.895. The van der Waals surface area contributed by atoms with E-state index in [4.69, 9.17) is 0 Å². The summed E-state index contributed by atoms with van der Waals surface area (Å²) in [5.74, 6) is 1.23. The van der Waals surface area contributed by atoms with Crippen LogP contribution in [0.1, 0.15) is 59.3 Å². The van der Waals surface area contributed by atoms with Crippen molar-refractivity contribution in [1.29, 1.82) is 0 Å². The third-order valence-electron chi connectivity index (χ3n) is 5.81. The van der Waals surface area contributed by atoms with Crippen LogP contribution in [0.15, 0.2) is 0 Å². The van der Waals surface area contributed by atoms with Crippen LogP contribution < -0.4 is 5.32 Å². The summed E-state index contributed by atoms with van der Waals surface area (Å²) >= 11 is 0. The second kappa shape index (κ2) is 9.40. The first-order valence-corrected chi connectivity index (χ1v) is 9.80. The number of hydrogen-bond acceptors (Lipinski definition) is 3. The predicted octanol–water partition coefficient (Wildman–Crippen LogP) is 2.26. The molecule has 2 saturated heterocycles. The molecule has 2 heterocycles. The molecule has 0 aliphatic carbocycles. The topological polar surface area (TPSA) is 52.7 Å². The van der Waals surface area contributed by atoms with Gasteiger partial charge in [-0.25, -0.2) is 0 Å². The summed E-state index contributed by atoms with van der Waals surface area (Å²) in [6.45, 7) is 10.9. The van der Waals surface area contributed by atoms with Crippen LogP contribution in [0.5, 0.6) is 0 Å². The van der Waals surface area contributed by atoms with Gasteiger partial charge in [0.1, 0.15) is 0 Å². The summed E-state index contributed by atoms with van der Waals surface area (Å²) in [4.78, 5) is 28.9. The molecule has 0 bridgehead atoms. The van der Waals surface area contributed by atoms with Gasteiger partial charge < -0.3 is 15.1 Å². The Hall–Kier alpha value is -1.10. The Morgan fingerprint density at radius 2 is 1.67 bits per heavy atom. The molecule has 2 fully saturated rings. The minimum atomic E-state index is 0.121. The van der Waals surface area contributed by atoms with Crippen molar-refractivity contribution in [1.82, 2.24) is 15.1 Å². The number of nitrogens with zero attached hydrogens (tertiary/aromatic N) is 2. The molecule has 5 heteroatoms. The third-order valence-corrected chi connectivity index (χ3v) is 5.81. The first-order chi connectivity index (χ1) is 11.5. The van der Waals surface area contributed by atoms with Crippen LogP contribution in [0.3, 0.4) is 0 Å². The molecule has 2 amide bonds. The van der Waals surface area contributed by atoms with Crippen LogP contribution in [-0.4, -0.2) is 60.4 Å². The highest BCUT2D eigenvalue weighted by Crippen LogP contribution is 2.21. The molecule has 24 heavy (non-hydrogen) atoms. The molecule has 0 saturated carbocycles. The predicted molar refractivity (Wildman–Crippen MR) is 96.7 cm³/mol. The zero-order valence-corrected chi connectivity index (χ0v) is 15.7. The zero-order valence-electron chi connectivity index (χ0n) is 15.7. The van der Waals surface area contributed by atoms with Crippen LogP contribution >= 0.6 is 0 Å². The summed E-state index contributed by atoms with van der Waals surface area (Å²) in [5, 5.41) is 2.98. The van der Waals surface area contributed by atoms with Crippen molar-refractivity contribution in [3.8, 4) is 0 Å². The highest BCUT2D eigenvalue weighted by atomic mass is 16.2. The normalized spacial score (nSPS) is 21.2. The molecule has 0 atom stereocenters. The van der Waals surface area contributed by atoms with Gasteiger partial charge in [-0.3, -0.25) is 9.59 Å². The zero-order chi connectivity index (χ0) is 17.5. The van der Waals surface area contributed by atoms with Crippen LogP contribution in [-0.2, 0) is 9.59 Å². The van der Waals surface area contributed by atoms with Crippen LogP contribution in [0.2, 0.25) is 0 Å². The van der Waals surface area contributed by atoms with Crippen molar-refractivity contribution in [2.24, 2.45) is 11.8 Å². The van der Waals surface area contributed by atoms with E-state index in [-0.39, 0.29) is 17.7 Å². The molecule has 0 aromatic heterocycles. The summed E-state index contributed by atoms with van der Waals surface area (Å²) in [7, 11) is 0. The lowest BCUT2D eigenvalue weighted by Crippen LogP contribution is -2.44. The molecule has 2 rings (SSSR count). The maximum Gasteiger partial charge on any atom is 0.224 e. The molecule has 0 aromatic carbocycles. The number of hydrogen-bond donors (Lipinski definition) is 1. The highest BCUT2D eigenvalue weighted by Gasteiger charge is 2.26. The summed E-state index contributed by atoms with van der Waals surface area (Å²) in [6.07, 6.45) is 5.78. The third kappa shape index (κ3) is 5.47. The smallest absolute Gasteiger partial charge is 0.224 e. The lowest BCUT2D eigenvalue weighted by molar-refractivity contribution is -0.132. The first-order valence-electron chi connectivity index (χ1n) is 9.80. The van der Waals surface area contributed by atoms with E-state index in [1.165, 1.54) is 6.42 Å². The van der Waals surface area contributed by atoms with Gasteiger partial charge in [0, 0.05) is 38.0 Å². The molecule has 0 unspecified atom stereocenters. The largest absolute Gasteiger partial charge is 0.355 e. The molecule has 2 aliphatic heterocycles. The average molecular weight is 338 g/mol. The molecule has 0 radical (unpaired) electrons. The Balaban J connectivity index is 1.62. The summed E-state index contributed by atoms with van der Waals surface area (Å²) in [5.41, 5.74) is 0. The molecule has 0 spiro atoms. The van der Waals surface area contributed by atoms with Gasteiger partial charge in [-0.2, -0.15) is 0 Å². The van der Waals surface area contributed by atoms with Gasteiger partial charge in [0.15, 0.2) is 0 Å². The van der Waals surface area contributed by atoms with Crippen molar-refractivity contribution >= 4 is 11.8 Å². The molecule has 2 aliphatic rings. The average Bonchev–Trinajstić information content (AvgIpc) is 2.61. The lowest BCUT2D eigenvalue weighted by atomic mass is 9.94. The molecule has 1 N–H and O–H groups in total. The van der Waals surface area contributed by atoms with E-state index < -0.39 is 0 Å². The van der Waals surface area contributed by atoms with Crippen molar-refractivity contribution in [2.75, 3.05) is 32.7 Å². The van der Waals surface area contributed by atoms with Crippen LogP contribution in [0.4, 0.5) is 0 Å². The van der Waals surface area contributed by atoms with Gasteiger partial charge >= 0.3 is 0 Å². The fourth-order valence-corrected chi connectivity index (χ4v) is 3.86. The van der Waals surface area contributed by atoms with Gasteiger partial charge in [0.05, 0.1) is 0 Å². The van der Waals surface area contributed by atoms with Crippen molar-refractivity contribution in [3.63, 3.8) is 0 Å². The number of carbonyl (C=O) groups is 2. The molecular weight excluding hydrogens is 302 g/mol. The standard InChI is InChI=1S/C19H35N3O2/c1-4-16-6-11-22(12-7-16)18(23)5-10-20-19(24)17-8-13-21(14-9-17)15(2)3/h15-17H,4-14H2,1-3H3,(H,20,24). The first kappa shape index (κ1) is 19.2. The molecule has 138 valence electrons. The Morgan fingerprint density at radius 1 is 1.04 bits per heavy atom. The Bertz CT molecular complexity index is 409. The molecular formula is C19H35N3O2. The number of carbonyl (C=O) groups excluding carboxylic acids is 2. The Labute approximate surface area is 147 Å². The van der Waals surface area contributed by atoms with Crippen molar-refractivity contribution in [3.05, 3.63) is 0 Å². The van der Waals surface area contributed by atoms with Gasteiger partial charge in [0.2, 0.25) is 11.8 Å². The van der Waals surface area contributed by atoms with Crippen molar-refractivity contribution < 1.29 is 9.59 Å². The summed E-state index contributed by atoms with van der Waals surface area (Å²) in [6, 6.07) is 0.559. The number of piperidine rings is 2. The van der Waals surface area contributed by atoms with Crippen LogP contribution in [0, 0.1) is 11.8 Å². The van der Waals surface area contributed by atoms with Gasteiger partial charge in [-0.05, 0) is 58.5 Å². The monoisotopic (exact) mass is 337 g/mol. The van der Waals surface area contributed by atoms with Gasteiger partial charge in [-0.15, -0.1) is 0 Å². The lowest BCUT2D eigenvalue weighted by Gasteiger charge is -2.34. The number of rotatable bonds is 6. The Morgan fingerprint density at radius 3 is 2.21 bits per heavy atom. The maximum atomic E-state index is 12.3. The van der Waals surface area contributed by atoms with E-state index in [1.807, 2.05) is 4.90 Å². The van der Waals surface area contributed by atoms with Gasteiger partial charge in [-0.1, -0.05) is 13.3 Å². The minimum absolute atomic E-state index is 0.121. The second-order valence-corrected chi connectivity index (χ2v) is 7.68. The SMILES string of the molecule is CCC1CCN(C(=O)CCNC(=O)C2CCN(C(C)C)CC2)CC1. The number of likely N-dealkylation sites (tertiary alicyclic amines) is 2. The summed E-state index contributed by atoms with van der Waals surface area (Å²) < 4.78 is 0. The van der Waals surface area contributed by atoms with E-state index in [0.717, 1.165) is 57.8 Å². The fourth-order valence-electron chi connectivity index (χ4n) is 3.86. The van der Waals surface area contributed by atoms with E-state index in [2.05, 4.69) is 31.0 Å². The van der Waals surface area contributed by atoms with E-state index in [1.54, 1.807) is 0 Å². The highest BCUT2D eigenvalue weighted by molar-refractivity contribution is 5.80. The van der Waals surface area contributed by atoms with Crippen molar-refractivity contribution in [2.45, 2.75) is 65.3 Å². The second-order valence-electron chi connectivity index (χ2n) is 7.68. The Kier molecular flexibility index (Phi) is 7.53. The number of nitrogens with one attached hydrogen (secondary N) is 1. The van der Waals surface area contributed by atoms with Gasteiger partial charge in [0.25, 0.3) is 0 Å². The maximum absolute atomic E-state index is 12.3.